The van der Waals surface area contributed by atoms with Crippen LogP contribution in [-0.4, -0.2) is 43.8 Å². The quantitative estimate of drug-likeness (QED) is 0.281. The number of rotatable bonds is 11. The molecular weight excluding hydrogens is 581 g/mol. The molecule has 0 fully saturated rings. The minimum Gasteiger partial charge on any atom is -0.352 e. The van der Waals surface area contributed by atoms with Gasteiger partial charge in [-0.15, -0.1) is 0 Å². The van der Waals surface area contributed by atoms with Crippen LogP contribution in [0.15, 0.2) is 77.7 Å². The van der Waals surface area contributed by atoms with E-state index in [-0.39, 0.29) is 39.1 Å². The van der Waals surface area contributed by atoms with Gasteiger partial charge in [-0.05, 0) is 68.3 Å². The lowest BCUT2D eigenvalue weighted by Gasteiger charge is -2.32. The number of halogens is 3. The second kappa shape index (κ2) is 13.5. The molecule has 1 N–H and O–H groups in total. The maximum absolute atomic E-state index is 13.9. The summed E-state index contributed by atoms with van der Waals surface area (Å²) in [7, 11) is -4.25. The number of sulfonamides is 1. The highest BCUT2D eigenvalue weighted by Gasteiger charge is 2.33. The van der Waals surface area contributed by atoms with Crippen molar-refractivity contribution in [2.24, 2.45) is 0 Å². The van der Waals surface area contributed by atoms with Crippen molar-refractivity contribution in [3.63, 3.8) is 0 Å². The van der Waals surface area contributed by atoms with Gasteiger partial charge >= 0.3 is 0 Å². The standard InChI is InChI=1S/C28H30Cl3N3O4S/c1-4-19(2)32-28(36)20(3)33(17-21-9-8-10-22(29)15-21)27(35)18-34(26-16-23(30)13-14-25(26)31)39(37,38)24-11-6-5-7-12-24/h5-16,19-20H,4,17-18H2,1-3H3,(H,32,36)/t19-,20-/m0/s1. The van der Waals surface area contributed by atoms with E-state index in [1.54, 1.807) is 49.4 Å². The van der Waals surface area contributed by atoms with Gasteiger partial charge in [-0.25, -0.2) is 8.42 Å². The Morgan fingerprint density at radius 1 is 0.897 bits per heavy atom. The molecule has 3 aromatic rings. The molecule has 0 saturated heterocycles. The van der Waals surface area contributed by atoms with Crippen molar-refractivity contribution in [1.82, 2.24) is 10.2 Å². The maximum atomic E-state index is 13.9. The normalized spacial score (nSPS) is 12.9. The summed E-state index contributed by atoms with van der Waals surface area (Å²) < 4.78 is 28.5. The molecule has 0 aliphatic heterocycles. The Morgan fingerprint density at radius 2 is 1.56 bits per heavy atom. The van der Waals surface area contributed by atoms with Crippen molar-refractivity contribution < 1.29 is 18.0 Å². The number of amides is 2. The highest BCUT2D eigenvalue weighted by atomic mass is 35.5. The third-order valence-corrected chi connectivity index (χ3v) is 8.76. The monoisotopic (exact) mass is 609 g/mol. The lowest BCUT2D eigenvalue weighted by molar-refractivity contribution is -0.139. The third-order valence-electron chi connectivity index (χ3n) is 6.20. The first kappa shape index (κ1) is 30.8. The summed E-state index contributed by atoms with van der Waals surface area (Å²) in [5, 5.41) is 3.69. The summed E-state index contributed by atoms with van der Waals surface area (Å²) in [6, 6.07) is 18.0. The molecule has 0 spiro atoms. The van der Waals surface area contributed by atoms with E-state index in [0.717, 1.165) is 4.31 Å². The fourth-order valence-electron chi connectivity index (χ4n) is 3.79. The van der Waals surface area contributed by atoms with Gasteiger partial charge in [0.05, 0.1) is 15.6 Å². The van der Waals surface area contributed by atoms with Crippen molar-refractivity contribution >= 4 is 62.3 Å². The number of nitrogens with zero attached hydrogens (tertiary/aromatic N) is 2. The van der Waals surface area contributed by atoms with Gasteiger partial charge in [-0.2, -0.15) is 0 Å². The first-order valence-corrected chi connectivity index (χ1v) is 14.9. The molecule has 2 atom stereocenters. The van der Waals surface area contributed by atoms with Crippen LogP contribution in [0.1, 0.15) is 32.8 Å². The minimum atomic E-state index is -4.25. The van der Waals surface area contributed by atoms with E-state index in [1.807, 2.05) is 13.8 Å². The molecule has 0 saturated carbocycles. The zero-order valence-electron chi connectivity index (χ0n) is 21.8. The van der Waals surface area contributed by atoms with Crippen molar-refractivity contribution in [3.05, 3.63) is 93.4 Å². The summed E-state index contributed by atoms with van der Waals surface area (Å²) in [6.45, 7) is 4.80. The zero-order valence-corrected chi connectivity index (χ0v) is 24.9. The molecular formula is C28H30Cl3N3O4S. The summed E-state index contributed by atoms with van der Waals surface area (Å²) in [5.74, 6) is -0.977. The van der Waals surface area contributed by atoms with E-state index in [2.05, 4.69) is 5.32 Å². The van der Waals surface area contributed by atoms with Crippen LogP contribution in [0.2, 0.25) is 15.1 Å². The average molecular weight is 611 g/mol. The minimum absolute atomic E-state index is 0.0248. The molecule has 2 amide bonds. The van der Waals surface area contributed by atoms with E-state index in [1.165, 1.54) is 35.2 Å². The fourth-order valence-corrected chi connectivity index (χ4v) is 5.88. The predicted octanol–water partition coefficient (Wildman–Crippen LogP) is 6.17. The highest BCUT2D eigenvalue weighted by Crippen LogP contribution is 2.33. The smallest absolute Gasteiger partial charge is 0.264 e. The molecule has 0 aliphatic rings. The van der Waals surface area contributed by atoms with Crippen LogP contribution >= 0.6 is 34.8 Å². The molecule has 11 heteroatoms. The van der Waals surface area contributed by atoms with Crippen molar-refractivity contribution in [2.45, 2.75) is 50.7 Å². The van der Waals surface area contributed by atoms with E-state index < -0.39 is 28.5 Å². The Balaban J connectivity index is 2.06. The van der Waals surface area contributed by atoms with Gasteiger partial charge in [0.25, 0.3) is 10.0 Å². The zero-order chi connectivity index (χ0) is 28.7. The second-order valence-corrected chi connectivity index (χ2v) is 12.2. The van der Waals surface area contributed by atoms with Crippen LogP contribution in [0.5, 0.6) is 0 Å². The Labute approximate surface area is 244 Å². The van der Waals surface area contributed by atoms with Gasteiger partial charge in [0.15, 0.2) is 0 Å². The van der Waals surface area contributed by atoms with Gasteiger partial charge < -0.3 is 10.2 Å². The molecule has 0 aliphatic carbocycles. The number of carbonyl (C=O) groups excluding carboxylic acids is 2. The molecule has 7 nitrogen and oxygen atoms in total. The van der Waals surface area contributed by atoms with Crippen LogP contribution in [0.3, 0.4) is 0 Å². The molecule has 0 bridgehead atoms. The van der Waals surface area contributed by atoms with Crippen LogP contribution < -0.4 is 9.62 Å². The molecule has 3 aromatic carbocycles. The van der Waals surface area contributed by atoms with E-state index in [0.29, 0.717) is 17.0 Å². The lowest BCUT2D eigenvalue weighted by atomic mass is 10.1. The number of anilines is 1. The Kier molecular flexibility index (Phi) is 10.7. The highest BCUT2D eigenvalue weighted by molar-refractivity contribution is 7.92. The number of benzene rings is 3. The van der Waals surface area contributed by atoms with Crippen molar-refractivity contribution in [2.75, 3.05) is 10.8 Å². The van der Waals surface area contributed by atoms with Crippen LogP contribution in [-0.2, 0) is 26.2 Å². The fraction of sp³-hybridized carbons (Fsp3) is 0.286. The van der Waals surface area contributed by atoms with Crippen molar-refractivity contribution in [1.29, 1.82) is 0 Å². The Morgan fingerprint density at radius 3 is 2.21 bits per heavy atom. The second-order valence-electron chi connectivity index (χ2n) is 9.07. The molecule has 3 rings (SSSR count). The molecule has 0 aromatic heterocycles. The van der Waals surface area contributed by atoms with Gasteiger partial charge in [0.1, 0.15) is 12.6 Å². The van der Waals surface area contributed by atoms with E-state index in [4.69, 9.17) is 34.8 Å². The molecule has 0 heterocycles. The van der Waals surface area contributed by atoms with Crippen LogP contribution in [0, 0.1) is 0 Å². The van der Waals surface area contributed by atoms with Gasteiger partial charge in [-0.1, -0.05) is 72.1 Å². The number of carbonyl (C=O) groups is 2. The predicted molar refractivity (Wildman–Crippen MR) is 157 cm³/mol. The maximum Gasteiger partial charge on any atom is 0.264 e. The first-order valence-electron chi connectivity index (χ1n) is 12.3. The lowest BCUT2D eigenvalue weighted by Crippen LogP contribution is -2.52. The van der Waals surface area contributed by atoms with Crippen molar-refractivity contribution in [3.8, 4) is 0 Å². The number of hydrogen-bond acceptors (Lipinski definition) is 4. The summed E-state index contributed by atoms with van der Waals surface area (Å²) in [4.78, 5) is 28.3. The van der Waals surface area contributed by atoms with E-state index in [9.17, 15) is 18.0 Å². The topological polar surface area (TPSA) is 86.8 Å². The average Bonchev–Trinajstić information content (AvgIpc) is 2.91. The Hall–Kier alpha value is -2.78. The SMILES string of the molecule is CC[C@H](C)NC(=O)[C@H](C)N(Cc1cccc(Cl)c1)C(=O)CN(c1cc(Cl)ccc1Cl)S(=O)(=O)c1ccccc1. The Bertz CT molecular complexity index is 1420. The van der Waals surface area contributed by atoms with Gasteiger partial charge in [-0.3, -0.25) is 13.9 Å². The summed E-state index contributed by atoms with van der Waals surface area (Å²) >= 11 is 18.8. The molecule has 39 heavy (non-hydrogen) atoms. The van der Waals surface area contributed by atoms with E-state index >= 15 is 0 Å². The van der Waals surface area contributed by atoms with Gasteiger partial charge in [0, 0.05) is 22.6 Å². The van der Waals surface area contributed by atoms with Gasteiger partial charge in [0.2, 0.25) is 11.8 Å². The van der Waals surface area contributed by atoms with Crippen LogP contribution in [0.4, 0.5) is 5.69 Å². The first-order chi connectivity index (χ1) is 18.4. The molecule has 0 radical (unpaired) electrons. The number of nitrogens with one attached hydrogen (secondary N) is 1. The summed E-state index contributed by atoms with van der Waals surface area (Å²) in [5.41, 5.74) is 0.720. The molecule has 0 unspecified atom stereocenters. The third kappa shape index (κ3) is 7.88. The van der Waals surface area contributed by atoms with Crippen LogP contribution in [0.25, 0.3) is 0 Å². The number of hydrogen-bond donors (Lipinski definition) is 1. The molecule has 208 valence electrons. The summed E-state index contributed by atoms with van der Waals surface area (Å²) in [6.07, 6.45) is 0.705. The largest absolute Gasteiger partial charge is 0.352 e.